The predicted molar refractivity (Wildman–Crippen MR) is 71.4 cm³/mol. The third kappa shape index (κ3) is 2.93. The van der Waals surface area contributed by atoms with Gasteiger partial charge in [-0.1, -0.05) is 0 Å². The van der Waals surface area contributed by atoms with Gasteiger partial charge in [0.1, 0.15) is 0 Å². The molecule has 1 aliphatic rings. The van der Waals surface area contributed by atoms with Crippen LogP contribution < -0.4 is 0 Å². The molecule has 0 aliphatic carbocycles. The Labute approximate surface area is 112 Å². The molecule has 0 aromatic heterocycles. The first-order valence-corrected chi connectivity index (χ1v) is 6.32. The molecule has 2 rings (SSSR count). The lowest BCUT2D eigenvalue weighted by Crippen LogP contribution is -2.52. The van der Waals surface area contributed by atoms with Crippen LogP contribution in [0.3, 0.4) is 0 Å². The Morgan fingerprint density at radius 2 is 1.74 bits per heavy atom. The molecule has 0 radical (unpaired) electrons. The molecule has 19 heavy (non-hydrogen) atoms. The van der Waals surface area contributed by atoms with E-state index in [0.717, 1.165) is 13.1 Å². The van der Waals surface area contributed by atoms with Gasteiger partial charge in [0.05, 0.1) is 5.56 Å². The lowest BCUT2D eigenvalue weighted by atomic mass is 10.1. The Kier molecular flexibility index (Phi) is 3.85. The SMILES string of the molecule is CC1CN(C)CCN1C(=O)c1ccc(C(=O)O)cc1. The first kappa shape index (κ1) is 13.5. The molecule has 1 unspecified atom stereocenters. The van der Waals surface area contributed by atoms with E-state index in [1.807, 2.05) is 18.9 Å². The van der Waals surface area contributed by atoms with Gasteiger partial charge in [-0.05, 0) is 38.2 Å². The Morgan fingerprint density at radius 1 is 1.16 bits per heavy atom. The first-order chi connectivity index (χ1) is 8.99. The molecule has 1 aromatic rings. The predicted octanol–water partition coefficient (Wildman–Crippen LogP) is 1.16. The number of piperazine rings is 1. The molecule has 1 amide bonds. The van der Waals surface area contributed by atoms with Crippen LogP contribution in [-0.4, -0.2) is 59.5 Å². The van der Waals surface area contributed by atoms with E-state index in [0.29, 0.717) is 12.1 Å². The summed E-state index contributed by atoms with van der Waals surface area (Å²) in [6.07, 6.45) is 0. The van der Waals surface area contributed by atoms with Crippen molar-refractivity contribution in [3.8, 4) is 0 Å². The quantitative estimate of drug-likeness (QED) is 0.869. The van der Waals surface area contributed by atoms with Gasteiger partial charge in [-0.3, -0.25) is 4.79 Å². The highest BCUT2D eigenvalue weighted by Gasteiger charge is 2.26. The Bertz CT molecular complexity index is 484. The maximum atomic E-state index is 12.4. The molecule has 0 bridgehead atoms. The van der Waals surface area contributed by atoms with Crippen molar-refractivity contribution in [3.63, 3.8) is 0 Å². The summed E-state index contributed by atoms with van der Waals surface area (Å²) in [5.74, 6) is -1.01. The first-order valence-electron chi connectivity index (χ1n) is 6.32. The number of carbonyl (C=O) groups excluding carboxylic acids is 1. The maximum Gasteiger partial charge on any atom is 0.335 e. The van der Waals surface area contributed by atoms with Crippen LogP contribution in [0.1, 0.15) is 27.6 Å². The van der Waals surface area contributed by atoms with Crippen molar-refractivity contribution in [2.24, 2.45) is 0 Å². The van der Waals surface area contributed by atoms with Crippen LogP contribution in [0.2, 0.25) is 0 Å². The van der Waals surface area contributed by atoms with Crippen molar-refractivity contribution in [1.82, 2.24) is 9.80 Å². The van der Waals surface area contributed by atoms with E-state index in [-0.39, 0.29) is 17.5 Å². The fourth-order valence-corrected chi connectivity index (χ4v) is 2.36. The van der Waals surface area contributed by atoms with Crippen molar-refractivity contribution < 1.29 is 14.7 Å². The number of amides is 1. The number of likely N-dealkylation sites (N-methyl/N-ethyl adjacent to an activating group) is 1. The lowest BCUT2D eigenvalue weighted by Gasteiger charge is -2.38. The average molecular weight is 262 g/mol. The number of carboxylic acids is 1. The topological polar surface area (TPSA) is 60.9 Å². The third-order valence-electron chi connectivity index (χ3n) is 3.47. The van der Waals surface area contributed by atoms with Gasteiger partial charge in [-0.15, -0.1) is 0 Å². The van der Waals surface area contributed by atoms with Gasteiger partial charge < -0.3 is 14.9 Å². The highest BCUT2D eigenvalue weighted by Crippen LogP contribution is 2.14. The second kappa shape index (κ2) is 5.40. The van der Waals surface area contributed by atoms with Gasteiger partial charge in [0, 0.05) is 31.2 Å². The zero-order chi connectivity index (χ0) is 14.0. The molecule has 1 aliphatic heterocycles. The van der Waals surface area contributed by atoms with Crippen molar-refractivity contribution in [2.75, 3.05) is 26.7 Å². The smallest absolute Gasteiger partial charge is 0.335 e. The number of carboxylic acid groups (broad SMARTS) is 1. The highest BCUT2D eigenvalue weighted by molar-refractivity contribution is 5.96. The molecule has 1 heterocycles. The van der Waals surface area contributed by atoms with Gasteiger partial charge >= 0.3 is 5.97 Å². The molecule has 1 saturated heterocycles. The fraction of sp³-hybridized carbons (Fsp3) is 0.429. The van der Waals surface area contributed by atoms with Crippen LogP contribution in [0.15, 0.2) is 24.3 Å². The van der Waals surface area contributed by atoms with E-state index in [2.05, 4.69) is 4.90 Å². The van der Waals surface area contributed by atoms with Crippen LogP contribution in [0, 0.1) is 0 Å². The van der Waals surface area contributed by atoms with Gasteiger partial charge in [0.25, 0.3) is 5.91 Å². The van der Waals surface area contributed by atoms with E-state index in [1.54, 1.807) is 12.1 Å². The molecule has 1 aromatic carbocycles. The number of hydrogen-bond donors (Lipinski definition) is 1. The van der Waals surface area contributed by atoms with Crippen molar-refractivity contribution in [1.29, 1.82) is 0 Å². The van der Waals surface area contributed by atoms with E-state index < -0.39 is 5.97 Å². The van der Waals surface area contributed by atoms with Crippen LogP contribution in [0.4, 0.5) is 0 Å². The number of rotatable bonds is 2. The van der Waals surface area contributed by atoms with Crippen molar-refractivity contribution in [3.05, 3.63) is 35.4 Å². The van der Waals surface area contributed by atoms with Crippen LogP contribution in [0.5, 0.6) is 0 Å². The van der Waals surface area contributed by atoms with Gasteiger partial charge in [0.15, 0.2) is 0 Å². The maximum absolute atomic E-state index is 12.4. The minimum Gasteiger partial charge on any atom is -0.478 e. The summed E-state index contributed by atoms with van der Waals surface area (Å²) in [5.41, 5.74) is 0.740. The van der Waals surface area contributed by atoms with Crippen molar-refractivity contribution in [2.45, 2.75) is 13.0 Å². The number of hydrogen-bond acceptors (Lipinski definition) is 3. The van der Waals surface area contributed by atoms with E-state index >= 15 is 0 Å². The Hall–Kier alpha value is -1.88. The zero-order valence-electron chi connectivity index (χ0n) is 11.2. The standard InChI is InChI=1S/C14H18N2O3/c1-10-9-15(2)7-8-16(10)13(17)11-3-5-12(6-4-11)14(18)19/h3-6,10H,7-9H2,1-2H3,(H,18,19). The van der Waals surface area contributed by atoms with E-state index in [4.69, 9.17) is 5.11 Å². The molecular weight excluding hydrogens is 244 g/mol. The summed E-state index contributed by atoms with van der Waals surface area (Å²) in [5, 5.41) is 8.83. The number of aromatic carboxylic acids is 1. The average Bonchev–Trinajstić information content (AvgIpc) is 2.38. The summed E-state index contributed by atoms with van der Waals surface area (Å²) >= 11 is 0. The van der Waals surface area contributed by atoms with Crippen LogP contribution in [0.25, 0.3) is 0 Å². The number of benzene rings is 1. The Balaban J connectivity index is 2.13. The normalized spacial score (nSPS) is 20.3. The third-order valence-corrected chi connectivity index (χ3v) is 3.47. The molecule has 5 nitrogen and oxygen atoms in total. The summed E-state index contributed by atoms with van der Waals surface area (Å²) in [7, 11) is 2.04. The molecule has 1 fully saturated rings. The molecule has 1 N–H and O–H groups in total. The van der Waals surface area contributed by atoms with Gasteiger partial charge in [-0.25, -0.2) is 4.79 Å². The second-order valence-corrected chi connectivity index (χ2v) is 4.99. The largest absolute Gasteiger partial charge is 0.478 e. The molecule has 0 spiro atoms. The summed E-state index contributed by atoms with van der Waals surface area (Å²) in [4.78, 5) is 27.2. The second-order valence-electron chi connectivity index (χ2n) is 4.99. The van der Waals surface area contributed by atoms with Crippen molar-refractivity contribution >= 4 is 11.9 Å². The van der Waals surface area contributed by atoms with E-state index in [9.17, 15) is 9.59 Å². The molecule has 1 atom stereocenters. The minimum absolute atomic E-state index is 0.0301. The summed E-state index contributed by atoms with van der Waals surface area (Å²) < 4.78 is 0. The van der Waals surface area contributed by atoms with Crippen LogP contribution >= 0.6 is 0 Å². The monoisotopic (exact) mass is 262 g/mol. The Morgan fingerprint density at radius 3 is 2.26 bits per heavy atom. The van der Waals surface area contributed by atoms with E-state index in [1.165, 1.54) is 12.1 Å². The van der Waals surface area contributed by atoms with Gasteiger partial charge in [0.2, 0.25) is 0 Å². The number of nitrogens with zero attached hydrogens (tertiary/aromatic N) is 2. The summed E-state index contributed by atoms with van der Waals surface area (Å²) in [6, 6.07) is 6.27. The molecule has 0 saturated carbocycles. The van der Waals surface area contributed by atoms with Crippen LogP contribution in [-0.2, 0) is 0 Å². The highest BCUT2D eigenvalue weighted by atomic mass is 16.4. The summed E-state index contributed by atoms with van der Waals surface area (Å²) in [6.45, 7) is 4.46. The molecule has 102 valence electrons. The molecule has 5 heteroatoms. The minimum atomic E-state index is -0.980. The lowest BCUT2D eigenvalue weighted by molar-refractivity contribution is 0.0532. The van der Waals surface area contributed by atoms with Gasteiger partial charge in [-0.2, -0.15) is 0 Å². The molecular formula is C14H18N2O3. The fourth-order valence-electron chi connectivity index (χ4n) is 2.36. The number of carbonyl (C=O) groups is 2. The zero-order valence-corrected chi connectivity index (χ0v) is 11.2.